The summed E-state index contributed by atoms with van der Waals surface area (Å²) in [7, 11) is 0. The Morgan fingerprint density at radius 1 is 0.850 bits per heavy atom. The average molecular weight is 585 g/mol. The van der Waals surface area contributed by atoms with E-state index in [1.165, 1.54) is 38.0 Å². The molecule has 0 saturated carbocycles. The van der Waals surface area contributed by atoms with E-state index < -0.39 is 0 Å². The quantitative estimate of drug-likeness (QED) is 0.358. The molecule has 0 unspecified atom stereocenters. The Balaban J connectivity index is 0.000000189. The maximum Gasteiger partial charge on any atom is 0.341 e. The van der Waals surface area contributed by atoms with Gasteiger partial charge in [0.05, 0.1) is 24.3 Å². The number of hydrogen-bond donors (Lipinski definition) is 2. The fraction of sp³-hybridized carbons (Fsp3) is 0.467. The van der Waals surface area contributed by atoms with Gasteiger partial charge in [-0.25, -0.2) is 9.59 Å². The lowest BCUT2D eigenvalue weighted by Crippen LogP contribution is -2.35. The molecular formula is C30H40N4O4S2. The Labute approximate surface area is 244 Å². The summed E-state index contributed by atoms with van der Waals surface area (Å²) in [5.74, 6) is -0.556. The molecule has 10 heteroatoms. The molecule has 216 valence electrons. The van der Waals surface area contributed by atoms with Crippen LogP contribution in [-0.2, 0) is 41.9 Å². The van der Waals surface area contributed by atoms with E-state index in [1.54, 1.807) is 0 Å². The van der Waals surface area contributed by atoms with Crippen LogP contribution in [0.15, 0.2) is 30.3 Å². The summed E-state index contributed by atoms with van der Waals surface area (Å²) in [6.45, 7) is 13.3. The molecule has 2 aliphatic rings. The van der Waals surface area contributed by atoms with E-state index in [2.05, 4.69) is 47.9 Å². The molecule has 0 amide bonds. The van der Waals surface area contributed by atoms with Gasteiger partial charge in [-0.1, -0.05) is 30.3 Å². The van der Waals surface area contributed by atoms with Crippen LogP contribution in [0.2, 0.25) is 0 Å². The lowest BCUT2D eigenvalue weighted by atomic mass is 10.0. The molecule has 0 spiro atoms. The second-order valence-electron chi connectivity index (χ2n) is 10.2. The summed E-state index contributed by atoms with van der Waals surface area (Å²) in [6.07, 6.45) is 1.74. The Morgan fingerprint density at radius 2 is 1.38 bits per heavy atom. The minimum atomic E-state index is -0.283. The normalized spacial score (nSPS) is 15.1. The summed E-state index contributed by atoms with van der Waals surface area (Å²) in [5.41, 5.74) is 16.7. The van der Waals surface area contributed by atoms with Gasteiger partial charge in [0, 0.05) is 48.5 Å². The van der Waals surface area contributed by atoms with Gasteiger partial charge in [0.2, 0.25) is 0 Å². The van der Waals surface area contributed by atoms with Gasteiger partial charge < -0.3 is 20.9 Å². The number of nitrogens with zero attached hydrogens (tertiary/aromatic N) is 2. The number of rotatable bonds is 7. The number of nitrogen functional groups attached to an aromatic ring is 2. The standard InChI is InChI=1S/C17H20N2O2S.C13H20N2O2S/c1-2-21-17(20)15-13-8-9-19(11-14(13)22-16(15)18)10-12-6-4-3-5-7-12;1-4-17-13(16)11-9-5-6-15(8(2)3)7-10(9)18-12(11)14/h3-7H,2,8-11,18H2,1H3;8H,4-7,14H2,1-3H3. The van der Waals surface area contributed by atoms with Crippen molar-refractivity contribution in [1.82, 2.24) is 9.80 Å². The third kappa shape index (κ3) is 6.86. The Hall–Kier alpha value is -2.92. The maximum atomic E-state index is 12.1. The van der Waals surface area contributed by atoms with Crippen LogP contribution in [0.3, 0.4) is 0 Å². The summed E-state index contributed by atoms with van der Waals surface area (Å²) < 4.78 is 10.2. The summed E-state index contributed by atoms with van der Waals surface area (Å²) >= 11 is 3.05. The molecule has 0 fully saturated rings. The number of carbonyl (C=O) groups excluding carboxylic acids is 2. The fourth-order valence-corrected chi connectivity index (χ4v) is 7.47. The Morgan fingerprint density at radius 3 is 1.90 bits per heavy atom. The highest BCUT2D eigenvalue weighted by Gasteiger charge is 2.29. The van der Waals surface area contributed by atoms with Crippen LogP contribution in [0, 0.1) is 0 Å². The fourth-order valence-electron chi connectivity index (χ4n) is 5.19. The molecule has 8 nitrogen and oxygen atoms in total. The molecule has 0 bridgehead atoms. The van der Waals surface area contributed by atoms with E-state index in [0.717, 1.165) is 56.7 Å². The number of ether oxygens (including phenoxy) is 2. The van der Waals surface area contributed by atoms with E-state index >= 15 is 0 Å². The van der Waals surface area contributed by atoms with Crippen LogP contribution in [0.5, 0.6) is 0 Å². The van der Waals surface area contributed by atoms with Crippen molar-refractivity contribution in [1.29, 1.82) is 0 Å². The van der Waals surface area contributed by atoms with E-state index in [4.69, 9.17) is 20.9 Å². The van der Waals surface area contributed by atoms with Gasteiger partial charge >= 0.3 is 11.9 Å². The number of carbonyl (C=O) groups is 2. The van der Waals surface area contributed by atoms with Crippen molar-refractivity contribution in [3.8, 4) is 0 Å². The van der Waals surface area contributed by atoms with Crippen LogP contribution in [0.25, 0.3) is 0 Å². The molecule has 0 aliphatic carbocycles. The molecule has 4 heterocycles. The van der Waals surface area contributed by atoms with Crippen molar-refractivity contribution in [2.24, 2.45) is 0 Å². The molecule has 0 saturated heterocycles. The minimum Gasteiger partial charge on any atom is -0.462 e. The highest BCUT2D eigenvalue weighted by Crippen LogP contribution is 2.37. The Kier molecular flexibility index (Phi) is 10.2. The first kappa shape index (κ1) is 30.0. The topological polar surface area (TPSA) is 111 Å². The van der Waals surface area contributed by atoms with Gasteiger partial charge in [-0.15, -0.1) is 22.7 Å². The zero-order valence-corrected chi connectivity index (χ0v) is 25.5. The second kappa shape index (κ2) is 13.6. The van der Waals surface area contributed by atoms with Crippen LogP contribution in [-0.4, -0.2) is 54.1 Å². The van der Waals surface area contributed by atoms with Gasteiger partial charge in [-0.2, -0.15) is 0 Å². The van der Waals surface area contributed by atoms with Crippen LogP contribution < -0.4 is 11.5 Å². The predicted octanol–water partition coefficient (Wildman–Crippen LogP) is 5.34. The van der Waals surface area contributed by atoms with E-state index in [1.807, 2.05) is 19.9 Å². The van der Waals surface area contributed by atoms with Crippen LogP contribution >= 0.6 is 22.7 Å². The molecule has 3 aromatic rings. The molecule has 4 N–H and O–H groups in total. The van der Waals surface area contributed by atoms with E-state index in [9.17, 15) is 9.59 Å². The zero-order valence-electron chi connectivity index (χ0n) is 23.8. The molecule has 40 heavy (non-hydrogen) atoms. The molecule has 1 aromatic carbocycles. The third-order valence-corrected chi connectivity index (χ3v) is 9.31. The first-order valence-corrected chi connectivity index (χ1v) is 15.5. The predicted molar refractivity (Wildman–Crippen MR) is 163 cm³/mol. The number of anilines is 2. The van der Waals surface area contributed by atoms with Crippen molar-refractivity contribution >= 4 is 44.6 Å². The van der Waals surface area contributed by atoms with Crippen molar-refractivity contribution < 1.29 is 19.1 Å². The first-order chi connectivity index (χ1) is 19.2. The van der Waals surface area contributed by atoms with Crippen LogP contribution in [0.1, 0.15) is 74.9 Å². The smallest absolute Gasteiger partial charge is 0.341 e. The highest BCUT2D eigenvalue weighted by atomic mass is 32.1. The van der Waals surface area contributed by atoms with E-state index in [0.29, 0.717) is 40.4 Å². The van der Waals surface area contributed by atoms with Gasteiger partial charge in [-0.05, 0) is 57.2 Å². The van der Waals surface area contributed by atoms with Crippen LogP contribution in [0.4, 0.5) is 10.0 Å². The lowest BCUT2D eigenvalue weighted by molar-refractivity contribution is 0.0516. The zero-order chi connectivity index (χ0) is 28.8. The monoisotopic (exact) mass is 584 g/mol. The van der Waals surface area contributed by atoms with Crippen molar-refractivity contribution in [3.05, 3.63) is 67.9 Å². The summed E-state index contributed by atoms with van der Waals surface area (Å²) in [5, 5.41) is 1.19. The molecule has 2 aliphatic heterocycles. The Bertz CT molecular complexity index is 1320. The molecular weight excluding hydrogens is 544 g/mol. The number of benzene rings is 1. The second-order valence-corrected chi connectivity index (χ2v) is 12.5. The number of fused-ring (bicyclic) bond motifs is 2. The van der Waals surface area contributed by atoms with Gasteiger partial charge in [0.1, 0.15) is 10.0 Å². The summed E-state index contributed by atoms with van der Waals surface area (Å²) in [4.78, 5) is 31.2. The van der Waals surface area contributed by atoms with Crippen molar-refractivity contribution in [3.63, 3.8) is 0 Å². The van der Waals surface area contributed by atoms with Crippen molar-refractivity contribution in [2.75, 3.05) is 37.8 Å². The molecule has 2 aromatic heterocycles. The number of nitrogens with two attached hydrogens (primary N) is 2. The lowest BCUT2D eigenvalue weighted by Gasteiger charge is -2.30. The number of esters is 2. The van der Waals surface area contributed by atoms with Crippen molar-refractivity contribution in [2.45, 2.75) is 66.2 Å². The average Bonchev–Trinajstić information content (AvgIpc) is 3.43. The molecule has 5 rings (SSSR count). The summed E-state index contributed by atoms with van der Waals surface area (Å²) in [6, 6.07) is 11.0. The van der Waals surface area contributed by atoms with Gasteiger partial charge in [0.25, 0.3) is 0 Å². The third-order valence-electron chi connectivity index (χ3n) is 7.22. The SMILES string of the molecule is CCOC(=O)c1c(N)sc2c1CCN(C(C)C)C2.CCOC(=O)c1c(N)sc2c1CCN(Cc1ccccc1)C2. The number of hydrogen-bond acceptors (Lipinski definition) is 10. The van der Waals surface area contributed by atoms with Gasteiger partial charge in [0.15, 0.2) is 0 Å². The first-order valence-electron chi connectivity index (χ1n) is 13.9. The number of thiophene rings is 2. The largest absolute Gasteiger partial charge is 0.462 e. The molecule has 0 radical (unpaired) electrons. The minimum absolute atomic E-state index is 0.273. The maximum absolute atomic E-state index is 12.1. The molecule has 0 atom stereocenters. The van der Waals surface area contributed by atoms with Gasteiger partial charge in [-0.3, -0.25) is 9.80 Å². The van der Waals surface area contributed by atoms with E-state index in [-0.39, 0.29) is 11.9 Å². The highest BCUT2D eigenvalue weighted by molar-refractivity contribution is 7.16.